The Hall–Kier alpha value is -1.60. The lowest BCUT2D eigenvalue weighted by atomic mass is 10.1. The number of hydrogen-bond acceptors (Lipinski definition) is 4. The standard InChI is InChI=1S/C20H22BrClN2O3/c21-16-6-7-19(17(22)12-16)27-14-20(25)23-18(15-4-2-1-3-5-15)13-24-8-10-26-11-9-24/h1-7,12,18H,8-11,13-14H2,(H,23,25)/t18-/m0/s1. The second-order valence-electron chi connectivity index (χ2n) is 6.31. The molecule has 0 bridgehead atoms. The van der Waals surface area contributed by atoms with Gasteiger partial charge < -0.3 is 14.8 Å². The number of rotatable bonds is 7. The number of nitrogens with one attached hydrogen (secondary N) is 1. The van der Waals surface area contributed by atoms with E-state index in [4.69, 9.17) is 21.1 Å². The summed E-state index contributed by atoms with van der Waals surface area (Å²) in [6, 6.07) is 15.2. The van der Waals surface area contributed by atoms with Crippen molar-refractivity contribution in [2.75, 3.05) is 39.5 Å². The van der Waals surface area contributed by atoms with Gasteiger partial charge >= 0.3 is 0 Å². The van der Waals surface area contributed by atoms with Crippen molar-refractivity contribution < 1.29 is 14.3 Å². The number of halogens is 2. The average molecular weight is 454 g/mol. The highest BCUT2D eigenvalue weighted by molar-refractivity contribution is 9.10. The van der Waals surface area contributed by atoms with E-state index in [0.29, 0.717) is 10.8 Å². The Kier molecular flexibility index (Phi) is 7.52. The zero-order valence-corrected chi connectivity index (χ0v) is 17.2. The van der Waals surface area contributed by atoms with Crippen molar-refractivity contribution in [2.45, 2.75) is 6.04 Å². The fraction of sp³-hybridized carbons (Fsp3) is 0.350. The normalized spacial score (nSPS) is 15.9. The van der Waals surface area contributed by atoms with Gasteiger partial charge in [-0.2, -0.15) is 0 Å². The molecule has 0 aliphatic carbocycles. The fourth-order valence-corrected chi connectivity index (χ4v) is 3.66. The molecule has 1 aliphatic heterocycles. The fourth-order valence-electron chi connectivity index (χ4n) is 2.93. The number of amides is 1. The van der Waals surface area contributed by atoms with Gasteiger partial charge in [-0.15, -0.1) is 0 Å². The minimum absolute atomic E-state index is 0.0895. The molecule has 3 rings (SSSR count). The minimum atomic E-state index is -0.184. The molecule has 1 saturated heterocycles. The molecule has 2 aromatic carbocycles. The smallest absolute Gasteiger partial charge is 0.258 e. The third-order valence-electron chi connectivity index (χ3n) is 4.33. The van der Waals surface area contributed by atoms with Gasteiger partial charge in [0.1, 0.15) is 5.75 Å². The molecular weight excluding hydrogens is 432 g/mol. The summed E-state index contributed by atoms with van der Waals surface area (Å²) in [5.74, 6) is 0.301. The summed E-state index contributed by atoms with van der Waals surface area (Å²) in [6.07, 6.45) is 0. The molecule has 0 unspecified atom stereocenters. The van der Waals surface area contributed by atoms with E-state index in [9.17, 15) is 4.79 Å². The van der Waals surface area contributed by atoms with Crippen molar-refractivity contribution in [3.05, 3.63) is 63.6 Å². The first kappa shape index (κ1) is 20.1. The van der Waals surface area contributed by atoms with Crippen LogP contribution in [-0.2, 0) is 9.53 Å². The molecule has 5 nitrogen and oxygen atoms in total. The summed E-state index contributed by atoms with van der Waals surface area (Å²) < 4.78 is 11.9. The molecule has 1 heterocycles. The molecule has 1 amide bonds. The Morgan fingerprint density at radius 2 is 1.96 bits per heavy atom. The summed E-state index contributed by atoms with van der Waals surface area (Å²) in [5.41, 5.74) is 1.07. The van der Waals surface area contributed by atoms with Crippen LogP contribution in [-0.4, -0.2) is 50.3 Å². The van der Waals surface area contributed by atoms with Crippen LogP contribution in [0, 0.1) is 0 Å². The average Bonchev–Trinajstić information content (AvgIpc) is 2.68. The van der Waals surface area contributed by atoms with Crippen LogP contribution in [0.2, 0.25) is 5.02 Å². The Morgan fingerprint density at radius 1 is 1.22 bits per heavy atom. The van der Waals surface area contributed by atoms with E-state index in [-0.39, 0.29) is 18.6 Å². The molecule has 0 aromatic heterocycles. The lowest BCUT2D eigenvalue weighted by Gasteiger charge is -2.31. The van der Waals surface area contributed by atoms with Gasteiger partial charge in [0.2, 0.25) is 0 Å². The maximum absolute atomic E-state index is 12.5. The summed E-state index contributed by atoms with van der Waals surface area (Å²) >= 11 is 9.49. The SMILES string of the molecule is O=C(COc1ccc(Br)cc1Cl)N[C@@H](CN1CCOCC1)c1ccccc1. The van der Waals surface area contributed by atoms with Gasteiger partial charge in [-0.25, -0.2) is 0 Å². The second kappa shape index (κ2) is 10.1. The van der Waals surface area contributed by atoms with Crippen molar-refractivity contribution in [2.24, 2.45) is 0 Å². The van der Waals surface area contributed by atoms with Crippen molar-refractivity contribution in [3.8, 4) is 5.75 Å². The van der Waals surface area contributed by atoms with Crippen molar-refractivity contribution >= 4 is 33.4 Å². The molecule has 1 N–H and O–H groups in total. The lowest BCUT2D eigenvalue weighted by Crippen LogP contribution is -2.44. The maximum atomic E-state index is 12.5. The van der Waals surface area contributed by atoms with Crippen LogP contribution in [0.25, 0.3) is 0 Å². The van der Waals surface area contributed by atoms with E-state index >= 15 is 0 Å². The highest BCUT2D eigenvalue weighted by Crippen LogP contribution is 2.27. The van der Waals surface area contributed by atoms with Gasteiger partial charge in [0.15, 0.2) is 6.61 Å². The number of carbonyl (C=O) groups excluding carboxylic acids is 1. The molecule has 144 valence electrons. The highest BCUT2D eigenvalue weighted by Gasteiger charge is 2.20. The lowest BCUT2D eigenvalue weighted by molar-refractivity contribution is -0.124. The zero-order valence-electron chi connectivity index (χ0n) is 14.9. The van der Waals surface area contributed by atoms with E-state index in [1.54, 1.807) is 12.1 Å². The molecule has 0 spiro atoms. The van der Waals surface area contributed by atoms with Gasteiger partial charge in [0, 0.05) is 24.1 Å². The predicted octanol–water partition coefficient (Wildman–Crippen LogP) is 3.67. The Labute approximate surface area is 172 Å². The van der Waals surface area contributed by atoms with E-state index in [2.05, 4.69) is 26.1 Å². The third kappa shape index (κ3) is 6.21. The number of benzene rings is 2. The van der Waals surface area contributed by atoms with Crippen LogP contribution in [0.4, 0.5) is 0 Å². The Bertz CT molecular complexity index is 754. The Morgan fingerprint density at radius 3 is 2.67 bits per heavy atom. The van der Waals surface area contributed by atoms with E-state index in [1.807, 2.05) is 36.4 Å². The van der Waals surface area contributed by atoms with Crippen LogP contribution >= 0.6 is 27.5 Å². The van der Waals surface area contributed by atoms with Crippen LogP contribution < -0.4 is 10.1 Å². The molecule has 1 atom stereocenters. The van der Waals surface area contributed by atoms with Gasteiger partial charge in [-0.3, -0.25) is 9.69 Å². The number of carbonyl (C=O) groups is 1. The number of ether oxygens (including phenoxy) is 2. The monoisotopic (exact) mass is 452 g/mol. The second-order valence-corrected chi connectivity index (χ2v) is 7.63. The summed E-state index contributed by atoms with van der Waals surface area (Å²) in [5, 5.41) is 3.55. The molecule has 1 fully saturated rings. The van der Waals surface area contributed by atoms with Crippen LogP contribution in [0.15, 0.2) is 53.0 Å². The highest BCUT2D eigenvalue weighted by atomic mass is 79.9. The van der Waals surface area contributed by atoms with Gasteiger partial charge in [0.25, 0.3) is 5.91 Å². The van der Waals surface area contributed by atoms with Crippen LogP contribution in [0.5, 0.6) is 5.75 Å². The molecule has 0 radical (unpaired) electrons. The summed E-state index contributed by atoms with van der Waals surface area (Å²) in [6.45, 7) is 3.82. The van der Waals surface area contributed by atoms with Crippen LogP contribution in [0.1, 0.15) is 11.6 Å². The first-order valence-corrected chi connectivity index (χ1v) is 10.0. The van der Waals surface area contributed by atoms with Gasteiger partial charge in [0.05, 0.1) is 24.3 Å². The van der Waals surface area contributed by atoms with E-state index in [1.165, 1.54) is 0 Å². The third-order valence-corrected chi connectivity index (χ3v) is 5.12. The van der Waals surface area contributed by atoms with E-state index < -0.39 is 0 Å². The van der Waals surface area contributed by atoms with Crippen molar-refractivity contribution in [3.63, 3.8) is 0 Å². The largest absolute Gasteiger partial charge is 0.482 e. The first-order chi connectivity index (χ1) is 13.1. The topological polar surface area (TPSA) is 50.8 Å². The van der Waals surface area contributed by atoms with Crippen molar-refractivity contribution in [1.29, 1.82) is 0 Å². The van der Waals surface area contributed by atoms with Crippen LogP contribution in [0.3, 0.4) is 0 Å². The maximum Gasteiger partial charge on any atom is 0.258 e. The zero-order chi connectivity index (χ0) is 19.1. The van der Waals surface area contributed by atoms with E-state index in [0.717, 1.165) is 42.9 Å². The Balaban J connectivity index is 1.61. The number of hydrogen-bond donors (Lipinski definition) is 1. The molecule has 27 heavy (non-hydrogen) atoms. The predicted molar refractivity (Wildman–Crippen MR) is 109 cm³/mol. The minimum Gasteiger partial charge on any atom is -0.482 e. The number of morpholine rings is 1. The van der Waals surface area contributed by atoms with Gasteiger partial charge in [-0.05, 0) is 23.8 Å². The molecular formula is C20H22BrClN2O3. The molecule has 1 aliphatic rings. The number of nitrogens with zero attached hydrogens (tertiary/aromatic N) is 1. The summed E-state index contributed by atoms with van der Waals surface area (Å²) in [4.78, 5) is 14.8. The summed E-state index contributed by atoms with van der Waals surface area (Å²) in [7, 11) is 0. The van der Waals surface area contributed by atoms with Crippen molar-refractivity contribution in [1.82, 2.24) is 10.2 Å². The first-order valence-electron chi connectivity index (χ1n) is 8.84. The van der Waals surface area contributed by atoms with Gasteiger partial charge in [-0.1, -0.05) is 57.9 Å². The quantitative estimate of drug-likeness (QED) is 0.695. The molecule has 0 saturated carbocycles. The molecule has 7 heteroatoms. The molecule has 2 aromatic rings.